The number of carboxylic acid groups (broad SMARTS) is 1. The fourth-order valence-corrected chi connectivity index (χ4v) is 1.46. The van der Waals surface area contributed by atoms with Crippen molar-refractivity contribution in [3.63, 3.8) is 0 Å². The minimum atomic E-state index is -1.88. The zero-order valence-corrected chi connectivity index (χ0v) is 6.98. The van der Waals surface area contributed by atoms with Gasteiger partial charge in [0, 0.05) is 11.1 Å². The van der Waals surface area contributed by atoms with Crippen molar-refractivity contribution in [3.05, 3.63) is 35.4 Å². The molecule has 0 aliphatic carbocycles. The molecule has 2 rings (SSSR count). The third-order valence-electron chi connectivity index (χ3n) is 2.10. The van der Waals surface area contributed by atoms with Crippen LogP contribution >= 0.6 is 0 Å². The highest BCUT2D eigenvalue weighted by Gasteiger charge is 2.40. The van der Waals surface area contributed by atoms with Crippen LogP contribution in [-0.2, 0) is 0 Å². The first-order valence-electron chi connectivity index (χ1n) is 3.92. The number of amides is 2. The number of carbonyl (C=O) groups excluding carboxylic acids is 1. The molecule has 0 spiro atoms. The molecular formula is C9H6FNO3. The molecule has 5 heteroatoms. The highest BCUT2D eigenvalue weighted by molar-refractivity contribution is 6.06. The number of hydrogen-bond donors (Lipinski definition) is 1. The van der Waals surface area contributed by atoms with E-state index in [2.05, 4.69) is 0 Å². The maximum atomic E-state index is 13.4. The highest BCUT2D eigenvalue weighted by atomic mass is 19.1. The van der Waals surface area contributed by atoms with Crippen molar-refractivity contribution in [1.82, 2.24) is 4.90 Å². The second-order valence-electron chi connectivity index (χ2n) is 2.88. The predicted molar refractivity (Wildman–Crippen MR) is 44.5 cm³/mol. The monoisotopic (exact) mass is 195 g/mol. The Hall–Kier alpha value is -1.91. The molecule has 0 saturated heterocycles. The zero-order valence-electron chi connectivity index (χ0n) is 6.98. The lowest BCUT2D eigenvalue weighted by molar-refractivity contribution is 0.0545. The molecule has 1 aliphatic heterocycles. The summed E-state index contributed by atoms with van der Waals surface area (Å²) in [7, 11) is 0. The Bertz CT molecular complexity index is 418. The number of benzene rings is 1. The summed E-state index contributed by atoms with van der Waals surface area (Å²) in [4.78, 5) is 22.1. The van der Waals surface area contributed by atoms with E-state index in [0.29, 0.717) is 0 Å². The quantitative estimate of drug-likeness (QED) is 0.642. The Morgan fingerprint density at radius 1 is 1.43 bits per heavy atom. The maximum absolute atomic E-state index is 13.4. The first kappa shape index (κ1) is 8.68. The molecule has 2 amide bonds. The summed E-state index contributed by atoms with van der Waals surface area (Å²) in [6, 6.07) is 5.94. The second-order valence-corrected chi connectivity index (χ2v) is 2.88. The van der Waals surface area contributed by atoms with Crippen molar-refractivity contribution in [2.45, 2.75) is 6.30 Å². The van der Waals surface area contributed by atoms with Crippen LogP contribution in [-0.4, -0.2) is 22.0 Å². The van der Waals surface area contributed by atoms with E-state index < -0.39 is 18.3 Å². The first-order valence-corrected chi connectivity index (χ1v) is 3.92. The molecule has 0 fully saturated rings. The van der Waals surface area contributed by atoms with Crippen LogP contribution in [0.15, 0.2) is 24.3 Å². The minimum Gasteiger partial charge on any atom is -0.465 e. The van der Waals surface area contributed by atoms with Gasteiger partial charge in [-0.1, -0.05) is 18.2 Å². The van der Waals surface area contributed by atoms with Crippen LogP contribution < -0.4 is 0 Å². The Kier molecular flexibility index (Phi) is 1.73. The van der Waals surface area contributed by atoms with E-state index in [0.717, 1.165) is 0 Å². The molecule has 1 heterocycles. The SMILES string of the molecule is O=C(O)N1C(=O)c2ccccc2C1F. The Balaban J connectivity index is 2.53. The number of imide groups is 1. The first-order chi connectivity index (χ1) is 6.63. The molecule has 1 N–H and O–H groups in total. The summed E-state index contributed by atoms with van der Waals surface area (Å²) in [6.45, 7) is 0. The van der Waals surface area contributed by atoms with Gasteiger partial charge in [0.1, 0.15) is 0 Å². The average molecular weight is 195 g/mol. The summed E-state index contributed by atoms with van der Waals surface area (Å²) in [5.41, 5.74) is 0.224. The van der Waals surface area contributed by atoms with Crippen molar-refractivity contribution in [3.8, 4) is 0 Å². The molecule has 0 saturated carbocycles. The van der Waals surface area contributed by atoms with Gasteiger partial charge in [0.25, 0.3) is 5.91 Å². The van der Waals surface area contributed by atoms with Crippen molar-refractivity contribution < 1.29 is 19.1 Å². The number of halogens is 1. The Morgan fingerprint density at radius 2 is 2.07 bits per heavy atom. The zero-order chi connectivity index (χ0) is 10.3. The summed E-state index contributed by atoms with van der Waals surface area (Å²) in [5.74, 6) is -0.805. The lowest BCUT2D eigenvalue weighted by atomic mass is 10.1. The molecule has 1 unspecified atom stereocenters. The largest absolute Gasteiger partial charge is 0.465 e. The molecule has 1 aromatic carbocycles. The summed E-state index contributed by atoms with van der Waals surface area (Å²) >= 11 is 0. The van der Waals surface area contributed by atoms with E-state index in [1.165, 1.54) is 12.1 Å². The average Bonchev–Trinajstić information content (AvgIpc) is 2.41. The number of rotatable bonds is 0. The third-order valence-corrected chi connectivity index (χ3v) is 2.10. The van der Waals surface area contributed by atoms with E-state index in [-0.39, 0.29) is 16.0 Å². The van der Waals surface area contributed by atoms with Crippen molar-refractivity contribution in [2.24, 2.45) is 0 Å². The van der Waals surface area contributed by atoms with Gasteiger partial charge in [-0.3, -0.25) is 4.79 Å². The number of alkyl halides is 1. The van der Waals surface area contributed by atoms with Crippen molar-refractivity contribution in [1.29, 1.82) is 0 Å². The van der Waals surface area contributed by atoms with Gasteiger partial charge in [0.05, 0.1) is 0 Å². The highest BCUT2D eigenvalue weighted by Crippen LogP contribution is 2.34. The molecule has 0 aromatic heterocycles. The number of nitrogens with zero attached hydrogens (tertiary/aromatic N) is 1. The predicted octanol–water partition coefficient (Wildman–Crippen LogP) is 1.79. The normalized spacial score (nSPS) is 19.6. The van der Waals surface area contributed by atoms with Crippen molar-refractivity contribution in [2.75, 3.05) is 0 Å². The lowest BCUT2D eigenvalue weighted by Crippen LogP contribution is -2.31. The van der Waals surface area contributed by atoms with Gasteiger partial charge >= 0.3 is 6.09 Å². The standard InChI is InChI=1S/C9H6FNO3/c10-7-5-3-1-2-4-6(5)8(12)11(7)9(13)14/h1-4,7H,(H,13,14). The molecule has 1 aromatic rings. The van der Waals surface area contributed by atoms with E-state index in [4.69, 9.17) is 5.11 Å². The smallest absolute Gasteiger partial charge is 0.417 e. The topological polar surface area (TPSA) is 57.6 Å². The Labute approximate surface area is 78.6 Å². The van der Waals surface area contributed by atoms with E-state index >= 15 is 0 Å². The van der Waals surface area contributed by atoms with Gasteiger partial charge in [-0.2, -0.15) is 0 Å². The van der Waals surface area contributed by atoms with E-state index in [1.807, 2.05) is 0 Å². The van der Waals surface area contributed by atoms with Gasteiger partial charge in [-0.05, 0) is 6.07 Å². The minimum absolute atomic E-state index is 0.111. The molecule has 14 heavy (non-hydrogen) atoms. The molecular weight excluding hydrogens is 189 g/mol. The van der Waals surface area contributed by atoms with Crippen LogP contribution in [0.4, 0.5) is 9.18 Å². The van der Waals surface area contributed by atoms with E-state index in [1.54, 1.807) is 12.1 Å². The van der Waals surface area contributed by atoms with Crippen LogP contribution in [0.5, 0.6) is 0 Å². The van der Waals surface area contributed by atoms with Crippen LogP contribution in [0, 0.1) is 0 Å². The number of hydrogen-bond acceptors (Lipinski definition) is 2. The van der Waals surface area contributed by atoms with Gasteiger partial charge < -0.3 is 5.11 Å². The summed E-state index contributed by atoms with van der Waals surface area (Å²) in [5, 5.41) is 8.59. The Morgan fingerprint density at radius 3 is 2.64 bits per heavy atom. The molecule has 0 bridgehead atoms. The molecule has 1 atom stereocenters. The van der Waals surface area contributed by atoms with Crippen molar-refractivity contribution >= 4 is 12.0 Å². The van der Waals surface area contributed by atoms with Gasteiger partial charge in [0.15, 0.2) is 0 Å². The van der Waals surface area contributed by atoms with Crippen LogP contribution in [0.2, 0.25) is 0 Å². The molecule has 1 aliphatic rings. The van der Waals surface area contributed by atoms with Gasteiger partial charge in [-0.25, -0.2) is 14.1 Å². The summed E-state index contributed by atoms with van der Waals surface area (Å²) < 4.78 is 13.4. The van der Waals surface area contributed by atoms with Crippen LogP contribution in [0.3, 0.4) is 0 Å². The molecule has 4 nitrogen and oxygen atoms in total. The lowest BCUT2D eigenvalue weighted by Gasteiger charge is -2.11. The molecule has 0 radical (unpaired) electrons. The number of carbonyl (C=O) groups is 2. The fraction of sp³-hybridized carbons (Fsp3) is 0.111. The fourth-order valence-electron chi connectivity index (χ4n) is 1.46. The van der Waals surface area contributed by atoms with E-state index in [9.17, 15) is 14.0 Å². The van der Waals surface area contributed by atoms with Crippen LogP contribution in [0.1, 0.15) is 22.2 Å². The second kappa shape index (κ2) is 2.80. The number of fused-ring (bicyclic) bond motifs is 1. The summed E-state index contributed by atoms with van der Waals surface area (Å²) in [6.07, 6.45) is -3.45. The van der Waals surface area contributed by atoms with Crippen LogP contribution in [0.25, 0.3) is 0 Å². The molecule has 72 valence electrons. The van der Waals surface area contributed by atoms with Gasteiger partial charge in [-0.15, -0.1) is 0 Å². The van der Waals surface area contributed by atoms with Gasteiger partial charge in [0.2, 0.25) is 6.30 Å². The third kappa shape index (κ3) is 0.985. The maximum Gasteiger partial charge on any atom is 0.417 e.